The van der Waals surface area contributed by atoms with Gasteiger partial charge in [0.1, 0.15) is 0 Å². The highest BCUT2D eigenvalue weighted by Crippen LogP contribution is 2.45. The molecule has 0 saturated carbocycles. The Bertz CT molecular complexity index is 164. The maximum absolute atomic E-state index is 10.6. The van der Waals surface area contributed by atoms with Crippen LogP contribution >= 0.6 is 11.8 Å². The smallest absolute Gasteiger partial charge is 0.0741 e. The van der Waals surface area contributed by atoms with Crippen LogP contribution < -0.4 is 0 Å². The average molecular weight is 218 g/mol. The molecule has 0 bridgehead atoms. The minimum Gasteiger partial charge on any atom is -0.396 e. The summed E-state index contributed by atoms with van der Waals surface area (Å²) < 4.78 is 0. The first kappa shape index (κ1) is 12.3. The molecule has 2 nitrogen and oxygen atoms in total. The van der Waals surface area contributed by atoms with E-state index in [1.54, 1.807) is 0 Å². The third-order valence-electron chi connectivity index (χ3n) is 3.96. The van der Waals surface area contributed by atoms with Crippen LogP contribution in [0.5, 0.6) is 0 Å². The van der Waals surface area contributed by atoms with Gasteiger partial charge in [0, 0.05) is 5.41 Å². The number of aliphatic hydroxyl groups is 2. The molecule has 1 heterocycles. The van der Waals surface area contributed by atoms with Gasteiger partial charge in [-0.3, -0.25) is 0 Å². The number of aliphatic hydroxyl groups excluding tert-OH is 1. The summed E-state index contributed by atoms with van der Waals surface area (Å²) >= 11 is 1.90. The first-order chi connectivity index (χ1) is 6.64. The summed E-state index contributed by atoms with van der Waals surface area (Å²) in [5.41, 5.74) is -0.898. The maximum atomic E-state index is 10.6. The van der Waals surface area contributed by atoms with Crippen molar-refractivity contribution in [1.29, 1.82) is 0 Å². The van der Waals surface area contributed by atoms with E-state index in [9.17, 15) is 10.2 Å². The minimum absolute atomic E-state index is 0.112. The molecule has 0 aliphatic carbocycles. The van der Waals surface area contributed by atoms with Crippen molar-refractivity contribution in [2.24, 2.45) is 5.41 Å². The zero-order valence-electron chi connectivity index (χ0n) is 9.25. The average Bonchev–Trinajstić information content (AvgIpc) is 2.22. The fraction of sp³-hybridized carbons (Fsp3) is 1.00. The van der Waals surface area contributed by atoms with Crippen molar-refractivity contribution in [2.45, 2.75) is 45.1 Å². The highest BCUT2D eigenvalue weighted by atomic mass is 32.2. The van der Waals surface area contributed by atoms with E-state index in [0.29, 0.717) is 0 Å². The van der Waals surface area contributed by atoms with E-state index in [1.165, 1.54) is 0 Å². The van der Waals surface area contributed by atoms with Crippen molar-refractivity contribution in [2.75, 3.05) is 18.1 Å². The van der Waals surface area contributed by atoms with Gasteiger partial charge in [0.15, 0.2) is 0 Å². The molecule has 3 heteroatoms. The molecule has 0 aromatic carbocycles. The van der Waals surface area contributed by atoms with Crippen LogP contribution in [0.2, 0.25) is 0 Å². The van der Waals surface area contributed by atoms with Gasteiger partial charge in [-0.1, -0.05) is 13.8 Å². The first-order valence-corrected chi connectivity index (χ1v) is 6.70. The van der Waals surface area contributed by atoms with E-state index in [0.717, 1.165) is 37.2 Å². The highest BCUT2D eigenvalue weighted by molar-refractivity contribution is 7.99. The quantitative estimate of drug-likeness (QED) is 0.758. The molecular formula is C11H22O2S. The van der Waals surface area contributed by atoms with Crippen molar-refractivity contribution in [3.05, 3.63) is 0 Å². The first-order valence-electron chi connectivity index (χ1n) is 5.55. The van der Waals surface area contributed by atoms with Gasteiger partial charge in [0.05, 0.1) is 12.2 Å². The van der Waals surface area contributed by atoms with Crippen molar-refractivity contribution in [3.63, 3.8) is 0 Å². The molecule has 1 aliphatic rings. The van der Waals surface area contributed by atoms with E-state index < -0.39 is 5.60 Å². The second-order valence-electron chi connectivity index (χ2n) is 4.29. The summed E-state index contributed by atoms with van der Waals surface area (Å²) in [6.07, 6.45) is 3.39. The van der Waals surface area contributed by atoms with Crippen molar-refractivity contribution < 1.29 is 10.2 Å². The molecular weight excluding hydrogens is 196 g/mol. The molecule has 0 atom stereocenters. The molecule has 1 rings (SSSR count). The van der Waals surface area contributed by atoms with E-state index in [2.05, 4.69) is 13.8 Å². The Hall–Kier alpha value is 0.270. The number of hydrogen-bond donors (Lipinski definition) is 2. The fourth-order valence-electron chi connectivity index (χ4n) is 2.52. The van der Waals surface area contributed by atoms with Crippen LogP contribution in [0, 0.1) is 5.41 Å². The topological polar surface area (TPSA) is 40.5 Å². The summed E-state index contributed by atoms with van der Waals surface area (Å²) in [6.45, 7) is 4.25. The maximum Gasteiger partial charge on any atom is 0.0741 e. The van der Waals surface area contributed by atoms with E-state index >= 15 is 0 Å². The van der Waals surface area contributed by atoms with Gasteiger partial charge in [0.25, 0.3) is 0 Å². The van der Waals surface area contributed by atoms with Crippen LogP contribution in [0.3, 0.4) is 0 Å². The SMILES string of the molecule is CCC(CC)(CO)C1(O)CCSCC1. The van der Waals surface area contributed by atoms with Crippen molar-refractivity contribution >= 4 is 11.8 Å². The molecule has 0 aromatic rings. The second kappa shape index (κ2) is 4.86. The predicted molar refractivity (Wildman–Crippen MR) is 61.6 cm³/mol. The van der Waals surface area contributed by atoms with Crippen LogP contribution in [0.4, 0.5) is 0 Å². The second-order valence-corrected chi connectivity index (χ2v) is 5.51. The third-order valence-corrected chi connectivity index (χ3v) is 4.95. The third kappa shape index (κ3) is 1.95. The number of hydrogen-bond acceptors (Lipinski definition) is 3. The summed E-state index contributed by atoms with van der Waals surface area (Å²) in [6, 6.07) is 0. The summed E-state index contributed by atoms with van der Waals surface area (Å²) in [7, 11) is 0. The molecule has 1 saturated heterocycles. The lowest BCUT2D eigenvalue weighted by atomic mass is 9.66. The minimum atomic E-state index is -0.628. The van der Waals surface area contributed by atoms with E-state index in [1.807, 2.05) is 11.8 Å². The largest absolute Gasteiger partial charge is 0.396 e. The summed E-state index contributed by atoms with van der Waals surface area (Å²) in [5, 5.41) is 20.1. The normalized spacial score (nSPS) is 22.3. The molecule has 84 valence electrons. The standard InChI is InChI=1S/C11H22O2S/c1-3-10(4-2,9-12)11(13)5-7-14-8-6-11/h12-13H,3-9H2,1-2H3. The van der Waals surface area contributed by atoms with Gasteiger partial charge in [-0.2, -0.15) is 11.8 Å². The molecule has 1 fully saturated rings. The Kier molecular flexibility index (Phi) is 4.29. The molecule has 1 aliphatic heterocycles. The highest BCUT2D eigenvalue weighted by Gasteiger charge is 2.47. The molecule has 0 unspecified atom stereocenters. The van der Waals surface area contributed by atoms with Gasteiger partial charge in [-0.15, -0.1) is 0 Å². The Morgan fingerprint density at radius 1 is 1.21 bits per heavy atom. The lowest BCUT2D eigenvalue weighted by Gasteiger charge is -2.47. The molecule has 2 N–H and O–H groups in total. The monoisotopic (exact) mass is 218 g/mol. The Morgan fingerprint density at radius 3 is 2.07 bits per heavy atom. The van der Waals surface area contributed by atoms with E-state index in [-0.39, 0.29) is 12.0 Å². The van der Waals surface area contributed by atoms with Gasteiger partial charge in [0.2, 0.25) is 0 Å². The summed E-state index contributed by atoms with van der Waals surface area (Å²) in [5.74, 6) is 2.05. The molecule has 0 radical (unpaired) electrons. The summed E-state index contributed by atoms with van der Waals surface area (Å²) in [4.78, 5) is 0. The van der Waals surface area contributed by atoms with Gasteiger partial charge in [-0.05, 0) is 37.2 Å². The van der Waals surface area contributed by atoms with Crippen LogP contribution in [0.1, 0.15) is 39.5 Å². The zero-order valence-corrected chi connectivity index (χ0v) is 10.1. The van der Waals surface area contributed by atoms with Crippen LogP contribution in [0.25, 0.3) is 0 Å². The Balaban J connectivity index is 2.83. The fourth-order valence-corrected chi connectivity index (χ4v) is 3.69. The molecule has 0 spiro atoms. The van der Waals surface area contributed by atoms with E-state index in [4.69, 9.17) is 0 Å². The molecule has 0 amide bonds. The van der Waals surface area contributed by atoms with Gasteiger partial charge < -0.3 is 10.2 Å². The Morgan fingerprint density at radius 2 is 1.71 bits per heavy atom. The molecule has 14 heavy (non-hydrogen) atoms. The Labute approximate surface area is 91.1 Å². The molecule has 0 aromatic heterocycles. The lowest BCUT2D eigenvalue weighted by molar-refractivity contribution is -0.119. The van der Waals surface area contributed by atoms with Crippen LogP contribution in [-0.2, 0) is 0 Å². The lowest BCUT2D eigenvalue weighted by Crippen LogP contribution is -2.52. The van der Waals surface area contributed by atoms with Crippen molar-refractivity contribution in [3.8, 4) is 0 Å². The van der Waals surface area contributed by atoms with Crippen LogP contribution in [0.15, 0.2) is 0 Å². The number of rotatable bonds is 4. The zero-order chi connectivity index (χ0) is 10.7. The predicted octanol–water partition coefficient (Wildman–Crippen LogP) is 2.04. The number of thioether (sulfide) groups is 1. The van der Waals surface area contributed by atoms with Gasteiger partial charge >= 0.3 is 0 Å². The van der Waals surface area contributed by atoms with Gasteiger partial charge in [-0.25, -0.2) is 0 Å². The van der Waals surface area contributed by atoms with Crippen molar-refractivity contribution in [1.82, 2.24) is 0 Å². The van der Waals surface area contributed by atoms with Crippen LogP contribution in [-0.4, -0.2) is 33.9 Å².